The average Bonchev–Trinajstić information content (AvgIpc) is 1.56. The van der Waals surface area contributed by atoms with E-state index in [9.17, 15) is 45.6 Å². The highest BCUT2D eigenvalue weighted by Gasteiger charge is 2.51. The van der Waals surface area contributed by atoms with Gasteiger partial charge in [0, 0.05) is 6.42 Å². The summed E-state index contributed by atoms with van der Waals surface area (Å²) in [6, 6.07) is -0.916. The van der Waals surface area contributed by atoms with E-state index in [1.807, 2.05) is 6.08 Å². The number of hydrogen-bond donors (Lipinski definition) is 9. The van der Waals surface area contributed by atoms with Crippen LogP contribution in [0, 0.1) is 0 Å². The molecule has 0 aromatic carbocycles. The van der Waals surface area contributed by atoms with Crippen molar-refractivity contribution >= 4 is 5.91 Å². The zero-order valence-corrected chi connectivity index (χ0v) is 56.0. The zero-order chi connectivity index (χ0) is 63.1. The summed E-state index contributed by atoms with van der Waals surface area (Å²) in [6.45, 7) is 2.85. The molecule has 2 aliphatic heterocycles. The largest absolute Gasteiger partial charge is 0.394 e. The number of unbranched alkanes of at least 4 members (excludes halogenated alkanes) is 47. The van der Waals surface area contributed by atoms with E-state index in [0.29, 0.717) is 6.42 Å². The van der Waals surface area contributed by atoms with Crippen LogP contribution in [0.1, 0.15) is 341 Å². The summed E-state index contributed by atoms with van der Waals surface area (Å²) >= 11 is 0. The quantitative estimate of drug-likeness (QED) is 0.0204. The number of aliphatic hydroxyl groups is 8. The first-order chi connectivity index (χ1) is 42.6. The third-order valence-electron chi connectivity index (χ3n) is 18.4. The second kappa shape index (κ2) is 58.3. The highest BCUT2D eigenvalue weighted by Crippen LogP contribution is 2.30. The Balaban J connectivity index is 1.65. The Morgan fingerprint density at radius 3 is 1.09 bits per heavy atom. The van der Waals surface area contributed by atoms with Gasteiger partial charge >= 0.3 is 0 Å². The van der Waals surface area contributed by atoms with Gasteiger partial charge in [-0.2, -0.15) is 0 Å². The molecule has 14 heteroatoms. The SMILES string of the molecule is CCCCCCCCCC/C=C\CCCCCCCCCCCC(=O)NC(COC1OC(CO)C(OC2OC(CO)C(O)C(O)C2O)C(O)C1O)C(O)/C=C/CCCCCCCCCCCCCCCCCCCCCCCCCCCCCCCC. The van der Waals surface area contributed by atoms with E-state index >= 15 is 0 Å². The Morgan fingerprint density at radius 1 is 0.402 bits per heavy atom. The summed E-state index contributed by atoms with van der Waals surface area (Å²) in [4.78, 5) is 13.3. The number of rotatable bonds is 62. The minimum absolute atomic E-state index is 0.236. The molecule has 2 rings (SSSR count). The lowest BCUT2D eigenvalue weighted by atomic mass is 9.97. The molecule has 12 atom stereocenters. The molecule has 514 valence electrons. The first-order valence-corrected chi connectivity index (χ1v) is 37.1. The second-order valence-corrected chi connectivity index (χ2v) is 26.4. The van der Waals surface area contributed by atoms with E-state index in [0.717, 1.165) is 38.5 Å². The number of amides is 1. The Hall–Kier alpha value is -1.53. The van der Waals surface area contributed by atoms with Crippen LogP contribution in [-0.2, 0) is 23.7 Å². The van der Waals surface area contributed by atoms with Gasteiger partial charge in [0.1, 0.15) is 48.8 Å². The van der Waals surface area contributed by atoms with E-state index < -0.39 is 86.8 Å². The Kier molecular flexibility index (Phi) is 54.7. The molecule has 14 nitrogen and oxygen atoms in total. The Bertz CT molecular complexity index is 1550. The molecule has 0 aromatic heterocycles. The first kappa shape index (κ1) is 81.6. The number of aliphatic hydroxyl groups excluding tert-OH is 8. The lowest BCUT2D eigenvalue weighted by Crippen LogP contribution is -2.65. The van der Waals surface area contributed by atoms with Crippen LogP contribution in [-0.4, -0.2) is 140 Å². The highest BCUT2D eigenvalue weighted by molar-refractivity contribution is 5.76. The van der Waals surface area contributed by atoms with Crippen molar-refractivity contribution in [3.05, 3.63) is 24.3 Å². The molecule has 2 aliphatic rings. The maximum absolute atomic E-state index is 13.3. The lowest BCUT2D eigenvalue weighted by Gasteiger charge is -2.46. The summed E-state index contributed by atoms with van der Waals surface area (Å²) in [5, 5.41) is 87.5. The third kappa shape index (κ3) is 42.4. The molecule has 0 aliphatic carbocycles. The Morgan fingerprint density at radius 2 is 0.724 bits per heavy atom. The van der Waals surface area contributed by atoms with Crippen LogP contribution in [0.25, 0.3) is 0 Å². The van der Waals surface area contributed by atoms with Crippen LogP contribution in [0.2, 0.25) is 0 Å². The minimum Gasteiger partial charge on any atom is -0.394 e. The fourth-order valence-electron chi connectivity index (χ4n) is 12.5. The van der Waals surface area contributed by atoms with E-state index in [1.54, 1.807) is 6.08 Å². The topological polar surface area (TPSA) is 228 Å². The number of nitrogens with one attached hydrogen (secondary N) is 1. The molecule has 2 fully saturated rings. The van der Waals surface area contributed by atoms with E-state index in [-0.39, 0.29) is 18.9 Å². The van der Waals surface area contributed by atoms with Gasteiger partial charge in [0.15, 0.2) is 12.6 Å². The van der Waals surface area contributed by atoms with Crippen LogP contribution in [0.15, 0.2) is 24.3 Å². The summed E-state index contributed by atoms with van der Waals surface area (Å²) in [7, 11) is 0. The van der Waals surface area contributed by atoms with Crippen molar-refractivity contribution in [3.63, 3.8) is 0 Å². The predicted molar refractivity (Wildman–Crippen MR) is 355 cm³/mol. The van der Waals surface area contributed by atoms with Gasteiger partial charge in [-0.25, -0.2) is 0 Å². The minimum atomic E-state index is -1.79. The summed E-state index contributed by atoms with van der Waals surface area (Å²) in [5.41, 5.74) is 0. The number of ether oxygens (including phenoxy) is 4. The van der Waals surface area contributed by atoms with Gasteiger partial charge in [-0.15, -0.1) is 0 Å². The summed E-state index contributed by atoms with van der Waals surface area (Å²) in [5.74, 6) is -0.236. The molecule has 0 bridgehead atoms. The maximum Gasteiger partial charge on any atom is 0.220 e. The molecule has 87 heavy (non-hydrogen) atoms. The summed E-state index contributed by atoms with van der Waals surface area (Å²) in [6.07, 6.45) is 56.7. The monoisotopic (exact) mass is 1240 g/mol. The highest BCUT2D eigenvalue weighted by atomic mass is 16.7. The molecule has 0 aromatic rings. The number of carbonyl (C=O) groups excluding carboxylic acids is 1. The van der Waals surface area contributed by atoms with Crippen molar-refractivity contribution in [2.24, 2.45) is 0 Å². The molecule has 12 unspecified atom stereocenters. The van der Waals surface area contributed by atoms with E-state index in [4.69, 9.17) is 18.9 Å². The van der Waals surface area contributed by atoms with Gasteiger partial charge in [0.25, 0.3) is 0 Å². The predicted octanol–water partition coefficient (Wildman–Crippen LogP) is 15.5. The van der Waals surface area contributed by atoms with Crippen molar-refractivity contribution in [2.45, 2.75) is 415 Å². The van der Waals surface area contributed by atoms with Crippen molar-refractivity contribution in [2.75, 3.05) is 19.8 Å². The van der Waals surface area contributed by atoms with Crippen LogP contribution in [0.4, 0.5) is 0 Å². The zero-order valence-electron chi connectivity index (χ0n) is 56.0. The van der Waals surface area contributed by atoms with Crippen molar-refractivity contribution in [1.82, 2.24) is 5.32 Å². The van der Waals surface area contributed by atoms with Gasteiger partial charge in [0.2, 0.25) is 5.91 Å². The Labute approximate surface area is 532 Å². The van der Waals surface area contributed by atoms with Crippen LogP contribution >= 0.6 is 0 Å². The summed E-state index contributed by atoms with van der Waals surface area (Å²) < 4.78 is 22.9. The fourth-order valence-corrected chi connectivity index (χ4v) is 12.5. The first-order valence-electron chi connectivity index (χ1n) is 37.1. The molecular weight excluding hydrogens is 1100 g/mol. The molecule has 0 saturated carbocycles. The molecule has 2 saturated heterocycles. The molecule has 0 spiro atoms. The number of hydrogen-bond acceptors (Lipinski definition) is 13. The van der Waals surface area contributed by atoms with Gasteiger partial charge in [0.05, 0.1) is 32.0 Å². The molecule has 0 radical (unpaired) electrons. The van der Waals surface area contributed by atoms with Crippen molar-refractivity contribution in [1.29, 1.82) is 0 Å². The average molecular weight is 1240 g/mol. The molecule has 1 amide bonds. The fraction of sp³-hybridized carbons (Fsp3) is 0.932. The standard InChI is InChI=1S/C73H139NO13/c1-3-5-7-9-11-13-15-17-19-21-23-25-26-27-28-29-30-31-32-33-34-35-37-38-40-42-44-46-48-50-52-54-56-62(77)61(60-84-72-70(83)68(81)71(64(59-76)86-72)87-73-69(82)67(80)66(79)63(58-75)85-73)74-65(78)57-55-53-51-49-47-45-43-41-39-36-24-22-20-18-16-14-12-10-8-6-4-2/h22,24,54,56,61-64,66-73,75-77,79-83H,3-21,23,25-53,55,57-60H2,1-2H3,(H,74,78)/b24-22-,56-54+. The molecule has 9 N–H and O–H groups in total. The van der Waals surface area contributed by atoms with Gasteiger partial charge in [-0.1, -0.05) is 314 Å². The van der Waals surface area contributed by atoms with Gasteiger partial charge < -0.3 is 65.1 Å². The third-order valence-corrected chi connectivity index (χ3v) is 18.4. The van der Waals surface area contributed by atoms with Crippen LogP contribution in [0.3, 0.4) is 0 Å². The number of carbonyl (C=O) groups is 1. The van der Waals surface area contributed by atoms with Gasteiger partial charge in [-0.05, 0) is 44.9 Å². The normalized spacial score (nSPS) is 23.3. The van der Waals surface area contributed by atoms with E-state index in [2.05, 4.69) is 31.3 Å². The van der Waals surface area contributed by atoms with Crippen LogP contribution in [0.5, 0.6) is 0 Å². The second-order valence-electron chi connectivity index (χ2n) is 26.4. The maximum atomic E-state index is 13.3. The number of allylic oxidation sites excluding steroid dienone is 3. The van der Waals surface area contributed by atoms with Crippen LogP contribution < -0.4 is 5.32 Å². The van der Waals surface area contributed by atoms with E-state index in [1.165, 1.54) is 276 Å². The lowest BCUT2D eigenvalue weighted by molar-refractivity contribution is -0.359. The van der Waals surface area contributed by atoms with Crippen molar-refractivity contribution in [3.8, 4) is 0 Å². The van der Waals surface area contributed by atoms with Gasteiger partial charge in [-0.3, -0.25) is 4.79 Å². The molecular formula is C73H139NO13. The van der Waals surface area contributed by atoms with Crippen molar-refractivity contribution < 1.29 is 64.6 Å². The smallest absolute Gasteiger partial charge is 0.220 e. The molecule has 2 heterocycles.